The van der Waals surface area contributed by atoms with Crippen molar-refractivity contribution in [2.45, 2.75) is 0 Å². The summed E-state index contributed by atoms with van der Waals surface area (Å²) >= 11 is 0. The lowest BCUT2D eigenvalue weighted by atomic mass is 10.2. The van der Waals surface area contributed by atoms with Crippen LogP contribution in [0.15, 0.2) is 71.1 Å². The number of anilines is 2. The standard InChI is InChI=1S/C29H28N6O3/c1-6-23(34-11-15-36-16-12-34)7-2-20(1)27-30-25-10-5-22(19-26(25)31-27)29-33-32-28(38-29)21-3-8-24(9-4-21)35-13-17-37-18-14-35/h1-10,19H,11-18H2,(H,30,31). The van der Waals surface area contributed by atoms with Crippen LogP contribution in [0.5, 0.6) is 0 Å². The van der Waals surface area contributed by atoms with Crippen LogP contribution in [0.25, 0.3) is 45.3 Å². The van der Waals surface area contributed by atoms with Gasteiger partial charge in [-0.25, -0.2) is 4.98 Å². The molecule has 0 spiro atoms. The fourth-order valence-corrected chi connectivity index (χ4v) is 5.02. The molecule has 4 heterocycles. The van der Waals surface area contributed by atoms with Crippen molar-refractivity contribution in [1.82, 2.24) is 20.2 Å². The molecule has 7 rings (SSSR count). The Labute approximate surface area is 220 Å². The topological polar surface area (TPSA) is 92.5 Å². The first-order valence-corrected chi connectivity index (χ1v) is 13.0. The molecule has 2 aromatic heterocycles. The van der Waals surface area contributed by atoms with Crippen molar-refractivity contribution in [3.63, 3.8) is 0 Å². The minimum atomic E-state index is 0.471. The van der Waals surface area contributed by atoms with Gasteiger partial charge in [-0.1, -0.05) is 0 Å². The second-order valence-electron chi connectivity index (χ2n) is 9.52. The molecule has 2 aliphatic heterocycles. The Morgan fingerprint density at radius 2 is 1.13 bits per heavy atom. The van der Waals surface area contributed by atoms with Crippen molar-refractivity contribution in [3.05, 3.63) is 66.7 Å². The van der Waals surface area contributed by atoms with Crippen LogP contribution < -0.4 is 9.80 Å². The Bertz CT molecular complexity index is 1530. The number of rotatable bonds is 5. The zero-order valence-corrected chi connectivity index (χ0v) is 21.0. The summed E-state index contributed by atoms with van der Waals surface area (Å²) < 4.78 is 17.0. The second-order valence-corrected chi connectivity index (χ2v) is 9.52. The number of ether oxygens (including phenoxy) is 2. The maximum Gasteiger partial charge on any atom is 0.248 e. The summed E-state index contributed by atoms with van der Waals surface area (Å²) in [4.78, 5) is 12.9. The molecular formula is C29H28N6O3. The molecule has 5 aromatic rings. The third kappa shape index (κ3) is 4.51. The average molecular weight is 509 g/mol. The highest BCUT2D eigenvalue weighted by Crippen LogP contribution is 2.29. The lowest BCUT2D eigenvalue weighted by Gasteiger charge is -2.28. The van der Waals surface area contributed by atoms with Crippen LogP contribution in [-0.4, -0.2) is 72.8 Å². The van der Waals surface area contributed by atoms with Crippen molar-refractivity contribution in [2.75, 3.05) is 62.4 Å². The largest absolute Gasteiger partial charge is 0.416 e. The number of nitrogens with one attached hydrogen (secondary N) is 1. The summed E-state index contributed by atoms with van der Waals surface area (Å²) in [6, 6.07) is 22.7. The van der Waals surface area contributed by atoms with E-state index in [9.17, 15) is 0 Å². The third-order valence-corrected chi connectivity index (χ3v) is 7.16. The van der Waals surface area contributed by atoms with Gasteiger partial charge >= 0.3 is 0 Å². The van der Waals surface area contributed by atoms with Crippen LogP contribution in [0.2, 0.25) is 0 Å². The van der Waals surface area contributed by atoms with Crippen LogP contribution in [0.3, 0.4) is 0 Å². The number of hydrogen-bond acceptors (Lipinski definition) is 8. The lowest BCUT2D eigenvalue weighted by Crippen LogP contribution is -2.36. The molecule has 0 atom stereocenters. The maximum atomic E-state index is 6.04. The van der Waals surface area contributed by atoms with Crippen LogP contribution in [0, 0.1) is 0 Å². The Hall–Kier alpha value is -4.21. The van der Waals surface area contributed by atoms with E-state index in [0.29, 0.717) is 11.8 Å². The number of imidazole rings is 1. The fourth-order valence-electron chi connectivity index (χ4n) is 5.02. The molecule has 9 heteroatoms. The highest BCUT2D eigenvalue weighted by molar-refractivity contribution is 5.83. The number of aromatic amines is 1. The molecule has 192 valence electrons. The summed E-state index contributed by atoms with van der Waals surface area (Å²) in [5, 5.41) is 8.60. The summed E-state index contributed by atoms with van der Waals surface area (Å²) in [5.41, 5.74) is 6.96. The molecule has 2 saturated heterocycles. The fraction of sp³-hybridized carbons (Fsp3) is 0.276. The van der Waals surface area contributed by atoms with E-state index in [-0.39, 0.29) is 0 Å². The van der Waals surface area contributed by atoms with Gasteiger partial charge in [0.25, 0.3) is 0 Å². The van der Waals surface area contributed by atoms with Gasteiger partial charge in [0.1, 0.15) is 5.82 Å². The molecule has 0 radical (unpaired) electrons. The van der Waals surface area contributed by atoms with Gasteiger partial charge in [0.2, 0.25) is 11.8 Å². The van der Waals surface area contributed by atoms with Crippen LogP contribution >= 0.6 is 0 Å². The molecular weight excluding hydrogens is 480 g/mol. The van der Waals surface area contributed by atoms with Crippen LogP contribution in [0.4, 0.5) is 11.4 Å². The van der Waals surface area contributed by atoms with Gasteiger partial charge in [-0.3, -0.25) is 0 Å². The Kier molecular flexibility index (Phi) is 5.99. The van der Waals surface area contributed by atoms with E-state index in [1.165, 1.54) is 11.4 Å². The van der Waals surface area contributed by atoms with Gasteiger partial charge in [0, 0.05) is 54.2 Å². The lowest BCUT2D eigenvalue weighted by molar-refractivity contribution is 0.122. The van der Waals surface area contributed by atoms with Gasteiger partial charge < -0.3 is 28.7 Å². The van der Waals surface area contributed by atoms with E-state index in [2.05, 4.69) is 61.4 Å². The number of aromatic nitrogens is 4. The number of hydrogen-bond donors (Lipinski definition) is 1. The van der Waals surface area contributed by atoms with E-state index >= 15 is 0 Å². The maximum absolute atomic E-state index is 6.04. The Morgan fingerprint density at radius 1 is 0.605 bits per heavy atom. The summed E-state index contributed by atoms with van der Waals surface area (Å²) in [6.07, 6.45) is 0. The van der Waals surface area contributed by atoms with Crippen molar-refractivity contribution in [1.29, 1.82) is 0 Å². The van der Waals surface area contributed by atoms with Gasteiger partial charge in [0.05, 0.1) is 37.5 Å². The minimum absolute atomic E-state index is 0.471. The zero-order chi connectivity index (χ0) is 25.3. The van der Waals surface area contributed by atoms with E-state index in [1.807, 2.05) is 30.3 Å². The Balaban J connectivity index is 1.09. The van der Waals surface area contributed by atoms with Crippen molar-refractivity contribution in [2.24, 2.45) is 0 Å². The highest BCUT2D eigenvalue weighted by Gasteiger charge is 2.16. The van der Waals surface area contributed by atoms with Gasteiger partial charge in [0.15, 0.2) is 0 Å². The van der Waals surface area contributed by atoms with Crippen molar-refractivity contribution < 1.29 is 13.9 Å². The number of nitrogens with zero attached hydrogens (tertiary/aromatic N) is 5. The first-order valence-electron chi connectivity index (χ1n) is 13.0. The number of benzene rings is 3. The first kappa shape index (κ1) is 22.9. The monoisotopic (exact) mass is 508 g/mol. The van der Waals surface area contributed by atoms with Crippen LogP contribution in [-0.2, 0) is 9.47 Å². The van der Waals surface area contributed by atoms with E-state index in [1.54, 1.807) is 0 Å². The van der Waals surface area contributed by atoms with E-state index in [0.717, 1.165) is 86.2 Å². The van der Waals surface area contributed by atoms with E-state index < -0.39 is 0 Å². The minimum Gasteiger partial charge on any atom is -0.416 e. The molecule has 2 aliphatic rings. The SMILES string of the molecule is c1cc(N2CCOCC2)ccc1-c1nc2cc(-c3nnc(-c4ccc(N5CCOCC5)cc4)o3)ccc2[nH]1. The van der Waals surface area contributed by atoms with Crippen molar-refractivity contribution >= 4 is 22.4 Å². The number of H-pyrrole nitrogens is 1. The van der Waals surface area contributed by atoms with Gasteiger partial charge in [-0.05, 0) is 66.7 Å². The molecule has 0 unspecified atom stereocenters. The second kappa shape index (κ2) is 9.92. The molecule has 3 aromatic carbocycles. The summed E-state index contributed by atoms with van der Waals surface area (Å²) in [6.45, 7) is 6.72. The summed E-state index contributed by atoms with van der Waals surface area (Å²) in [5.74, 6) is 1.80. The summed E-state index contributed by atoms with van der Waals surface area (Å²) in [7, 11) is 0. The molecule has 0 bridgehead atoms. The van der Waals surface area contributed by atoms with Crippen LogP contribution in [0.1, 0.15) is 0 Å². The molecule has 38 heavy (non-hydrogen) atoms. The number of fused-ring (bicyclic) bond motifs is 1. The smallest absolute Gasteiger partial charge is 0.248 e. The average Bonchev–Trinajstić information content (AvgIpc) is 3.66. The van der Waals surface area contributed by atoms with Crippen molar-refractivity contribution in [3.8, 4) is 34.3 Å². The molecule has 1 N–H and O–H groups in total. The molecule has 0 aliphatic carbocycles. The normalized spacial score (nSPS) is 16.3. The van der Waals surface area contributed by atoms with Gasteiger partial charge in [-0.15, -0.1) is 10.2 Å². The predicted molar refractivity (Wildman–Crippen MR) is 146 cm³/mol. The molecule has 0 amide bonds. The molecule has 0 saturated carbocycles. The van der Waals surface area contributed by atoms with E-state index in [4.69, 9.17) is 18.9 Å². The highest BCUT2D eigenvalue weighted by atomic mass is 16.5. The zero-order valence-electron chi connectivity index (χ0n) is 21.0. The molecule has 2 fully saturated rings. The first-order chi connectivity index (χ1) is 18.8. The quantitative estimate of drug-likeness (QED) is 0.368. The van der Waals surface area contributed by atoms with Gasteiger partial charge in [-0.2, -0.15) is 0 Å². The Morgan fingerprint density at radius 3 is 1.74 bits per heavy atom. The molecule has 9 nitrogen and oxygen atoms in total. The predicted octanol–water partition coefficient (Wildman–Crippen LogP) is 4.62. The number of morpholine rings is 2. The third-order valence-electron chi connectivity index (χ3n) is 7.16.